The highest BCUT2D eigenvalue weighted by Gasteiger charge is 2.22. The second-order valence-corrected chi connectivity index (χ2v) is 9.73. The molecule has 0 unspecified atom stereocenters. The van der Waals surface area contributed by atoms with E-state index in [-0.39, 0.29) is 17.3 Å². The Kier molecular flexibility index (Phi) is 7.40. The second-order valence-electron chi connectivity index (χ2n) is 7.58. The van der Waals surface area contributed by atoms with E-state index < -0.39 is 10.0 Å². The van der Waals surface area contributed by atoms with Crippen LogP contribution < -0.4 is 15.5 Å². The van der Waals surface area contributed by atoms with Gasteiger partial charge in [0.2, 0.25) is 15.9 Å². The topological polar surface area (TPSA) is 85.0 Å². The molecule has 0 saturated carbocycles. The SMILES string of the molecule is CCNc1ccc(S(=O)(=O)N(C)C)cc1NCC(=O)N1CCN(c2ccccc2)CC1. The van der Waals surface area contributed by atoms with Gasteiger partial charge in [-0.2, -0.15) is 0 Å². The van der Waals surface area contributed by atoms with Gasteiger partial charge in [-0.15, -0.1) is 0 Å². The molecule has 3 rings (SSSR count). The van der Waals surface area contributed by atoms with Crippen molar-refractivity contribution in [3.05, 3.63) is 48.5 Å². The van der Waals surface area contributed by atoms with Gasteiger partial charge in [0.25, 0.3) is 0 Å². The molecule has 1 aliphatic heterocycles. The molecule has 1 heterocycles. The van der Waals surface area contributed by atoms with Crippen LogP contribution in [0.4, 0.5) is 17.1 Å². The number of anilines is 3. The fourth-order valence-electron chi connectivity index (χ4n) is 3.52. The van der Waals surface area contributed by atoms with Gasteiger partial charge in [-0.25, -0.2) is 12.7 Å². The smallest absolute Gasteiger partial charge is 0.242 e. The molecule has 9 heteroatoms. The fourth-order valence-corrected chi connectivity index (χ4v) is 4.45. The molecule has 0 spiro atoms. The lowest BCUT2D eigenvalue weighted by molar-refractivity contribution is -0.129. The number of benzene rings is 2. The third-order valence-electron chi connectivity index (χ3n) is 5.32. The van der Waals surface area contributed by atoms with E-state index in [1.54, 1.807) is 18.2 Å². The summed E-state index contributed by atoms with van der Waals surface area (Å²) in [5, 5.41) is 6.35. The van der Waals surface area contributed by atoms with Gasteiger partial charge in [0.1, 0.15) is 0 Å². The van der Waals surface area contributed by atoms with Crippen molar-refractivity contribution in [2.45, 2.75) is 11.8 Å². The molecule has 0 aromatic heterocycles. The number of piperazine rings is 1. The Labute approximate surface area is 184 Å². The molecule has 1 aliphatic rings. The van der Waals surface area contributed by atoms with Gasteiger partial charge in [0.05, 0.1) is 22.8 Å². The number of sulfonamides is 1. The summed E-state index contributed by atoms with van der Waals surface area (Å²) in [6.45, 7) is 5.64. The first-order chi connectivity index (χ1) is 14.8. The van der Waals surface area contributed by atoms with E-state index >= 15 is 0 Å². The predicted molar refractivity (Wildman–Crippen MR) is 125 cm³/mol. The summed E-state index contributed by atoms with van der Waals surface area (Å²) in [4.78, 5) is 17.1. The van der Waals surface area contributed by atoms with Gasteiger partial charge in [0.15, 0.2) is 0 Å². The predicted octanol–water partition coefficient (Wildman–Crippen LogP) is 2.13. The van der Waals surface area contributed by atoms with Crippen LogP contribution in [-0.2, 0) is 14.8 Å². The number of hydrogen-bond acceptors (Lipinski definition) is 6. The van der Waals surface area contributed by atoms with E-state index in [2.05, 4.69) is 27.7 Å². The van der Waals surface area contributed by atoms with Crippen LogP contribution in [0.5, 0.6) is 0 Å². The van der Waals surface area contributed by atoms with Crippen LogP contribution in [0.25, 0.3) is 0 Å². The third kappa shape index (κ3) is 5.48. The van der Waals surface area contributed by atoms with Crippen molar-refractivity contribution in [2.75, 3.05) is 68.9 Å². The van der Waals surface area contributed by atoms with Gasteiger partial charge in [-0.1, -0.05) is 18.2 Å². The summed E-state index contributed by atoms with van der Waals surface area (Å²) >= 11 is 0. The maximum atomic E-state index is 12.8. The van der Waals surface area contributed by atoms with Crippen LogP contribution >= 0.6 is 0 Å². The van der Waals surface area contributed by atoms with Crippen LogP contribution in [0.3, 0.4) is 0 Å². The van der Waals surface area contributed by atoms with Crippen molar-refractivity contribution >= 4 is 33.0 Å². The number of carbonyl (C=O) groups is 1. The van der Waals surface area contributed by atoms with Crippen molar-refractivity contribution in [1.29, 1.82) is 0 Å². The molecule has 8 nitrogen and oxygen atoms in total. The Morgan fingerprint density at radius 3 is 2.26 bits per heavy atom. The van der Waals surface area contributed by atoms with Gasteiger partial charge >= 0.3 is 0 Å². The van der Waals surface area contributed by atoms with Crippen LogP contribution in [0.1, 0.15) is 6.92 Å². The fraction of sp³-hybridized carbons (Fsp3) is 0.409. The maximum absolute atomic E-state index is 12.8. The van der Waals surface area contributed by atoms with E-state index in [1.807, 2.05) is 30.0 Å². The molecule has 2 aromatic rings. The lowest BCUT2D eigenvalue weighted by Gasteiger charge is -2.36. The van der Waals surface area contributed by atoms with Crippen molar-refractivity contribution in [3.8, 4) is 0 Å². The van der Waals surface area contributed by atoms with Gasteiger partial charge in [-0.3, -0.25) is 4.79 Å². The molecule has 1 fully saturated rings. The number of amides is 1. The standard InChI is InChI=1S/C22H31N5O3S/c1-4-23-20-11-10-19(31(29,30)25(2)3)16-21(20)24-17-22(28)27-14-12-26(13-15-27)18-8-6-5-7-9-18/h5-11,16,23-24H,4,12-15,17H2,1-3H3. The Bertz CT molecular complexity index is 987. The second kappa shape index (κ2) is 10.0. The lowest BCUT2D eigenvalue weighted by atomic mass is 10.2. The molecule has 0 bridgehead atoms. The summed E-state index contributed by atoms with van der Waals surface area (Å²) in [5.41, 5.74) is 2.53. The van der Waals surface area contributed by atoms with Gasteiger partial charge < -0.3 is 20.4 Å². The van der Waals surface area contributed by atoms with Crippen molar-refractivity contribution in [1.82, 2.24) is 9.21 Å². The van der Waals surface area contributed by atoms with E-state index in [0.717, 1.165) is 18.8 Å². The van der Waals surface area contributed by atoms with E-state index in [9.17, 15) is 13.2 Å². The average Bonchev–Trinajstić information content (AvgIpc) is 2.79. The number of rotatable bonds is 8. The zero-order valence-electron chi connectivity index (χ0n) is 18.3. The van der Waals surface area contributed by atoms with Crippen LogP contribution in [0.15, 0.2) is 53.4 Å². The number of carbonyl (C=O) groups excluding carboxylic acids is 1. The molecule has 168 valence electrons. The summed E-state index contributed by atoms with van der Waals surface area (Å²) < 4.78 is 26.1. The first-order valence-corrected chi connectivity index (χ1v) is 11.9. The van der Waals surface area contributed by atoms with Crippen LogP contribution in [-0.4, -0.2) is 76.9 Å². The van der Waals surface area contributed by atoms with E-state index in [1.165, 1.54) is 24.1 Å². The molecular formula is C22H31N5O3S. The molecule has 0 aliphatic carbocycles. The third-order valence-corrected chi connectivity index (χ3v) is 7.13. The summed E-state index contributed by atoms with van der Waals surface area (Å²) in [5.74, 6) is -0.00368. The zero-order chi connectivity index (χ0) is 22.4. The number of para-hydroxylation sites is 1. The highest BCUT2D eigenvalue weighted by molar-refractivity contribution is 7.89. The molecular weight excluding hydrogens is 414 g/mol. The summed E-state index contributed by atoms with van der Waals surface area (Å²) in [7, 11) is -0.559. The number of hydrogen-bond donors (Lipinski definition) is 2. The largest absolute Gasteiger partial charge is 0.384 e. The molecule has 31 heavy (non-hydrogen) atoms. The minimum Gasteiger partial charge on any atom is -0.384 e. The quantitative estimate of drug-likeness (QED) is 0.648. The Morgan fingerprint density at radius 2 is 1.65 bits per heavy atom. The molecule has 2 aromatic carbocycles. The van der Waals surface area contributed by atoms with Gasteiger partial charge in [-0.05, 0) is 37.3 Å². The Morgan fingerprint density at radius 1 is 0.968 bits per heavy atom. The summed E-state index contributed by atoms with van der Waals surface area (Å²) in [6, 6.07) is 15.1. The maximum Gasteiger partial charge on any atom is 0.242 e. The number of nitrogens with zero attached hydrogens (tertiary/aromatic N) is 3. The zero-order valence-corrected chi connectivity index (χ0v) is 19.2. The highest BCUT2D eigenvalue weighted by Crippen LogP contribution is 2.26. The number of nitrogens with one attached hydrogen (secondary N) is 2. The molecule has 1 saturated heterocycles. The Balaban J connectivity index is 1.64. The van der Waals surface area contributed by atoms with E-state index in [0.29, 0.717) is 25.3 Å². The van der Waals surface area contributed by atoms with Crippen molar-refractivity contribution in [2.24, 2.45) is 0 Å². The van der Waals surface area contributed by atoms with Crippen molar-refractivity contribution < 1.29 is 13.2 Å². The minimum absolute atomic E-state index is 0.00368. The molecule has 0 atom stereocenters. The normalized spacial score (nSPS) is 14.6. The first-order valence-electron chi connectivity index (χ1n) is 10.4. The van der Waals surface area contributed by atoms with Crippen LogP contribution in [0.2, 0.25) is 0 Å². The van der Waals surface area contributed by atoms with Crippen molar-refractivity contribution in [3.63, 3.8) is 0 Å². The molecule has 2 N–H and O–H groups in total. The Hall–Kier alpha value is -2.78. The summed E-state index contributed by atoms with van der Waals surface area (Å²) in [6.07, 6.45) is 0. The minimum atomic E-state index is -3.56. The average molecular weight is 446 g/mol. The molecule has 0 radical (unpaired) electrons. The monoisotopic (exact) mass is 445 g/mol. The van der Waals surface area contributed by atoms with Crippen LogP contribution in [0, 0.1) is 0 Å². The molecule has 1 amide bonds. The highest BCUT2D eigenvalue weighted by atomic mass is 32.2. The lowest BCUT2D eigenvalue weighted by Crippen LogP contribution is -2.50. The van der Waals surface area contributed by atoms with Gasteiger partial charge in [0, 0.05) is 52.5 Å². The van der Waals surface area contributed by atoms with E-state index in [4.69, 9.17) is 0 Å². The first kappa shape index (κ1) is 22.9.